The van der Waals surface area contributed by atoms with Crippen LogP contribution in [-0.2, 0) is 4.74 Å². The third kappa shape index (κ3) is 4.84. The Morgan fingerprint density at radius 2 is 1.79 bits per heavy atom. The average molecular weight is 258 g/mol. The maximum absolute atomic E-state index is 11.9. The first kappa shape index (κ1) is 14.8. The molecule has 0 atom stereocenters. The average Bonchev–Trinajstić information content (AvgIpc) is 2.43. The molecule has 0 bridgehead atoms. The van der Waals surface area contributed by atoms with Crippen molar-refractivity contribution in [2.45, 2.75) is 13.8 Å². The standard InChI is InChI=1S/C16H18O3/c1-5-14(9-6-12(2)3)19-16(17)13-7-10-15(18-4)11-8-13/h5-11H,1H2,2-4H3/b14-9+. The van der Waals surface area contributed by atoms with Crippen LogP contribution in [0, 0.1) is 0 Å². The zero-order valence-corrected chi connectivity index (χ0v) is 11.5. The van der Waals surface area contributed by atoms with Crippen LogP contribution < -0.4 is 4.74 Å². The van der Waals surface area contributed by atoms with E-state index < -0.39 is 5.97 Å². The molecule has 100 valence electrons. The van der Waals surface area contributed by atoms with Gasteiger partial charge in [0.05, 0.1) is 12.7 Å². The van der Waals surface area contributed by atoms with Gasteiger partial charge in [-0.05, 0) is 50.3 Å². The van der Waals surface area contributed by atoms with E-state index in [4.69, 9.17) is 9.47 Å². The molecule has 1 rings (SSSR count). The third-order valence-electron chi connectivity index (χ3n) is 2.32. The quantitative estimate of drug-likeness (QED) is 0.456. The van der Waals surface area contributed by atoms with Crippen LogP contribution in [0.25, 0.3) is 0 Å². The van der Waals surface area contributed by atoms with Gasteiger partial charge in [-0.25, -0.2) is 4.79 Å². The molecule has 3 heteroatoms. The molecule has 0 aliphatic carbocycles. The van der Waals surface area contributed by atoms with Crippen molar-refractivity contribution in [3.05, 3.63) is 66.0 Å². The number of carbonyl (C=O) groups is 1. The van der Waals surface area contributed by atoms with Gasteiger partial charge >= 0.3 is 5.97 Å². The topological polar surface area (TPSA) is 35.5 Å². The SMILES string of the molecule is C=C/C(=C\C=C(C)C)OC(=O)c1ccc(OC)cc1. The minimum Gasteiger partial charge on any atom is -0.497 e. The summed E-state index contributed by atoms with van der Waals surface area (Å²) in [6.45, 7) is 7.54. The smallest absolute Gasteiger partial charge is 0.343 e. The highest BCUT2D eigenvalue weighted by Gasteiger charge is 2.08. The number of benzene rings is 1. The summed E-state index contributed by atoms with van der Waals surface area (Å²) >= 11 is 0. The summed E-state index contributed by atoms with van der Waals surface area (Å²) < 4.78 is 10.3. The Morgan fingerprint density at radius 1 is 1.16 bits per heavy atom. The predicted molar refractivity (Wildman–Crippen MR) is 76.1 cm³/mol. The molecule has 1 aromatic carbocycles. The van der Waals surface area contributed by atoms with Gasteiger partial charge < -0.3 is 9.47 Å². The maximum Gasteiger partial charge on any atom is 0.343 e. The molecule has 0 amide bonds. The number of carbonyl (C=O) groups excluding carboxylic acids is 1. The lowest BCUT2D eigenvalue weighted by Crippen LogP contribution is -2.03. The van der Waals surface area contributed by atoms with Gasteiger partial charge in [-0.1, -0.05) is 18.2 Å². The van der Waals surface area contributed by atoms with Crippen molar-refractivity contribution >= 4 is 5.97 Å². The second-order valence-corrected chi connectivity index (χ2v) is 4.14. The van der Waals surface area contributed by atoms with Gasteiger partial charge in [-0.3, -0.25) is 0 Å². The van der Waals surface area contributed by atoms with E-state index in [9.17, 15) is 4.79 Å². The number of esters is 1. The molecular formula is C16H18O3. The Balaban J connectivity index is 2.79. The summed E-state index contributed by atoms with van der Waals surface area (Å²) in [5.41, 5.74) is 1.57. The highest BCUT2D eigenvalue weighted by molar-refractivity contribution is 5.90. The third-order valence-corrected chi connectivity index (χ3v) is 2.32. The lowest BCUT2D eigenvalue weighted by atomic mass is 10.2. The van der Waals surface area contributed by atoms with Gasteiger partial charge in [0.2, 0.25) is 0 Å². The summed E-state index contributed by atoms with van der Waals surface area (Å²) in [6.07, 6.45) is 5.07. The summed E-state index contributed by atoms with van der Waals surface area (Å²) in [6, 6.07) is 6.74. The Bertz CT molecular complexity index is 503. The Kier molecular flexibility index (Phi) is 5.61. The molecule has 0 aromatic heterocycles. The van der Waals surface area contributed by atoms with Gasteiger partial charge in [-0.2, -0.15) is 0 Å². The first-order valence-corrected chi connectivity index (χ1v) is 5.90. The zero-order valence-electron chi connectivity index (χ0n) is 11.5. The number of ether oxygens (including phenoxy) is 2. The minimum atomic E-state index is -0.420. The first-order chi connectivity index (χ1) is 9.06. The zero-order chi connectivity index (χ0) is 14.3. The molecule has 0 unspecified atom stereocenters. The van der Waals surface area contributed by atoms with E-state index in [0.717, 1.165) is 5.57 Å². The van der Waals surface area contributed by atoms with Crippen molar-refractivity contribution in [3.63, 3.8) is 0 Å². The number of rotatable bonds is 5. The molecule has 19 heavy (non-hydrogen) atoms. The van der Waals surface area contributed by atoms with E-state index in [1.165, 1.54) is 6.08 Å². The van der Waals surface area contributed by atoms with E-state index >= 15 is 0 Å². The van der Waals surface area contributed by atoms with Crippen molar-refractivity contribution < 1.29 is 14.3 Å². The monoisotopic (exact) mass is 258 g/mol. The normalized spacial score (nSPS) is 10.6. The second kappa shape index (κ2) is 7.21. The van der Waals surface area contributed by atoms with Crippen LogP contribution in [0.4, 0.5) is 0 Å². The Labute approximate surface area is 113 Å². The van der Waals surface area contributed by atoms with Crippen molar-refractivity contribution in [1.82, 2.24) is 0 Å². The van der Waals surface area contributed by atoms with Crippen molar-refractivity contribution in [2.24, 2.45) is 0 Å². The van der Waals surface area contributed by atoms with Crippen LogP contribution in [0.3, 0.4) is 0 Å². The second-order valence-electron chi connectivity index (χ2n) is 4.14. The molecule has 1 aromatic rings. The predicted octanol–water partition coefficient (Wildman–Crippen LogP) is 3.89. The van der Waals surface area contributed by atoms with E-state index in [-0.39, 0.29) is 0 Å². The minimum absolute atomic E-state index is 0.419. The molecule has 0 saturated carbocycles. The molecule has 3 nitrogen and oxygen atoms in total. The number of methoxy groups -OCH3 is 1. The number of allylic oxidation sites excluding steroid dienone is 4. The fourth-order valence-electron chi connectivity index (χ4n) is 1.29. The Morgan fingerprint density at radius 3 is 2.26 bits per heavy atom. The molecule has 0 N–H and O–H groups in total. The van der Waals surface area contributed by atoms with E-state index in [1.807, 2.05) is 19.9 Å². The van der Waals surface area contributed by atoms with Crippen LogP contribution in [0.2, 0.25) is 0 Å². The van der Waals surface area contributed by atoms with Crippen LogP contribution in [0.15, 0.2) is 60.4 Å². The lowest BCUT2D eigenvalue weighted by Gasteiger charge is -2.05. The van der Waals surface area contributed by atoms with E-state index in [2.05, 4.69) is 6.58 Å². The summed E-state index contributed by atoms with van der Waals surface area (Å²) in [4.78, 5) is 11.9. The van der Waals surface area contributed by atoms with Crippen molar-refractivity contribution in [1.29, 1.82) is 0 Å². The molecule has 0 saturated heterocycles. The summed E-state index contributed by atoms with van der Waals surface area (Å²) in [7, 11) is 1.57. The van der Waals surface area contributed by atoms with Gasteiger partial charge in [-0.15, -0.1) is 0 Å². The maximum atomic E-state index is 11.9. The number of hydrogen-bond acceptors (Lipinski definition) is 3. The van der Waals surface area contributed by atoms with Crippen LogP contribution in [0.1, 0.15) is 24.2 Å². The molecule has 0 fully saturated rings. The highest BCUT2D eigenvalue weighted by atomic mass is 16.5. The molecule has 0 aliphatic heterocycles. The van der Waals surface area contributed by atoms with Gasteiger partial charge in [0.25, 0.3) is 0 Å². The highest BCUT2D eigenvalue weighted by Crippen LogP contribution is 2.13. The summed E-state index contributed by atoms with van der Waals surface area (Å²) in [5, 5.41) is 0. The first-order valence-electron chi connectivity index (χ1n) is 5.90. The molecule has 0 radical (unpaired) electrons. The molecule has 0 spiro atoms. The largest absolute Gasteiger partial charge is 0.497 e. The lowest BCUT2D eigenvalue weighted by molar-refractivity contribution is 0.0637. The van der Waals surface area contributed by atoms with Gasteiger partial charge in [0.1, 0.15) is 11.5 Å². The fourth-order valence-corrected chi connectivity index (χ4v) is 1.29. The van der Waals surface area contributed by atoms with E-state index in [0.29, 0.717) is 17.1 Å². The molecule has 0 heterocycles. The van der Waals surface area contributed by atoms with Gasteiger partial charge in [0.15, 0.2) is 0 Å². The van der Waals surface area contributed by atoms with Crippen LogP contribution >= 0.6 is 0 Å². The summed E-state index contributed by atoms with van der Waals surface area (Å²) in [5.74, 6) is 0.693. The van der Waals surface area contributed by atoms with E-state index in [1.54, 1.807) is 37.5 Å². The van der Waals surface area contributed by atoms with Gasteiger partial charge in [0, 0.05) is 0 Å². The fraction of sp³-hybridized carbons (Fsp3) is 0.188. The van der Waals surface area contributed by atoms with Crippen LogP contribution in [-0.4, -0.2) is 13.1 Å². The number of hydrogen-bond donors (Lipinski definition) is 0. The Hall–Kier alpha value is -2.29. The molecular weight excluding hydrogens is 240 g/mol. The van der Waals surface area contributed by atoms with Crippen LogP contribution in [0.5, 0.6) is 5.75 Å². The van der Waals surface area contributed by atoms with Crippen molar-refractivity contribution in [2.75, 3.05) is 7.11 Å². The van der Waals surface area contributed by atoms with Crippen molar-refractivity contribution in [3.8, 4) is 5.75 Å². The molecule has 0 aliphatic rings.